The monoisotopic (exact) mass is 194 g/mol. The molecule has 0 bridgehead atoms. The Morgan fingerprint density at radius 2 is 2.31 bits per heavy atom. The Morgan fingerprint density at radius 3 is 3.08 bits per heavy atom. The fourth-order valence-electron chi connectivity index (χ4n) is 1.28. The van der Waals surface area contributed by atoms with Gasteiger partial charge >= 0.3 is 0 Å². The van der Waals surface area contributed by atoms with E-state index < -0.39 is 0 Å². The Kier molecular flexibility index (Phi) is 1.94. The molecule has 0 saturated heterocycles. The van der Waals surface area contributed by atoms with Crippen LogP contribution in [0.3, 0.4) is 0 Å². The third-order valence-electron chi connectivity index (χ3n) is 1.87. The molecule has 0 aliphatic heterocycles. The molecule has 0 aliphatic carbocycles. The van der Waals surface area contributed by atoms with Crippen molar-refractivity contribution in [2.75, 3.05) is 0 Å². The van der Waals surface area contributed by atoms with Crippen molar-refractivity contribution in [3.05, 3.63) is 35.0 Å². The fourth-order valence-corrected chi connectivity index (χ4v) is 1.46. The molecule has 0 amide bonds. The zero-order chi connectivity index (χ0) is 9.26. The smallest absolute Gasteiger partial charge is 0.0755 e. The van der Waals surface area contributed by atoms with Crippen molar-refractivity contribution in [2.45, 2.75) is 0 Å². The molecule has 0 radical (unpaired) electrons. The highest BCUT2D eigenvalue weighted by Crippen LogP contribution is 2.20. The van der Waals surface area contributed by atoms with Crippen molar-refractivity contribution in [2.24, 2.45) is 5.16 Å². The lowest BCUT2D eigenvalue weighted by molar-refractivity contribution is 0.322. The van der Waals surface area contributed by atoms with Gasteiger partial charge in [0.25, 0.3) is 0 Å². The summed E-state index contributed by atoms with van der Waals surface area (Å²) in [6.07, 6.45) is 3.13. The van der Waals surface area contributed by atoms with Gasteiger partial charge in [-0.1, -0.05) is 16.8 Å². The molecular formula is C9H7ClN2O. The minimum Gasteiger partial charge on any atom is -0.411 e. The predicted octanol–water partition coefficient (Wildman–Crippen LogP) is 2.63. The number of hydrogen-bond donors (Lipinski definition) is 2. The van der Waals surface area contributed by atoms with E-state index in [-0.39, 0.29) is 0 Å². The van der Waals surface area contributed by atoms with Gasteiger partial charge in [-0.25, -0.2) is 0 Å². The highest BCUT2D eigenvalue weighted by Gasteiger charge is 2.01. The topological polar surface area (TPSA) is 48.4 Å². The van der Waals surface area contributed by atoms with Gasteiger partial charge in [-0.15, -0.1) is 0 Å². The van der Waals surface area contributed by atoms with Crippen molar-refractivity contribution in [3.63, 3.8) is 0 Å². The number of hydrogen-bond acceptors (Lipinski definition) is 2. The van der Waals surface area contributed by atoms with Gasteiger partial charge in [0.15, 0.2) is 0 Å². The Bertz CT molecular complexity index is 462. The first-order valence-electron chi connectivity index (χ1n) is 3.75. The molecule has 66 valence electrons. The molecule has 0 unspecified atom stereocenters. The van der Waals surface area contributed by atoms with E-state index >= 15 is 0 Å². The molecule has 0 saturated carbocycles. The van der Waals surface area contributed by atoms with Gasteiger partial charge in [0.05, 0.1) is 6.21 Å². The van der Waals surface area contributed by atoms with Gasteiger partial charge in [0.2, 0.25) is 0 Å². The molecular weight excluding hydrogens is 188 g/mol. The van der Waals surface area contributed by atoms with Crippen LogP contribution >= 0.6 is 11.6 Å². The number of H-pyrrole nitrogens is 1. The number of aromatic amines is 1. The molecule has 1 heterocycles. The van der Waals surface area contributed by atoms with E-state index in [1.165, 1.54) is 6.21 Å². The van der Waals surface area contributed by atoms with Crippen LogP contribution in [0.1, 0.15) is 5.56 Å². The molecule has 3 nitrogen and oxygen atoms in total. The second kappa shape index (κ2) is 3.11. The first-order valence-corrected chi connectivity index (χ1v) is 4.13. The standard InChI is InChI=1S/C9H7ClN2O/c10-7-1-2-9-8(3-7)6(4-11-9)5-12-13/h1-5,11,13H/b12-5-. The molecule has 0 spiro atoms. The Balaban J connectivity index is 2.71. The SMILES string of the molecule is O/N=C\c1c[nH]c2ccc(Cl)cc12. The average molecular weight is 195 g/mol. The predicted molar refractivity (Wildman–Crippen MR) is 52.7 cm³/mol. The number of rotatable bonds is 1. The summed E-state index contributed by atoms with van der Waals surface area (Å²) in [4.78, 5) is 3.04. The number of nitrogens with zero attached hydrogens (tertiary/aromatic N) is 1. The normalized spacial score (nSPS) is 11.5. The van der Waals surface area contributed by atoms with E-state index in [0.29, 0.717) is 5.02 Å². The summed E-state index contributed by atoms with van der Waals surface area (Å²) in [5.41, 5.74) is 1.79. The molecule has 2 rings (SSSR count). The largest absolute Gasteiger partial charge is 0.411 e. The lowest BCUT2D eigenvalue weighted by Crippen LogP contribution is -1.76. The second-order valence-electron chi connectivity index (χ2n) is 2.68. The van der Waals surface area contributed by atoms with Crippen LogP contribution in [0.5, 0.6) is 0 Å². The summed E-state index contributed by atoms with van der Waals surface area (Å²) in [5, 5.41) is 13.0. The van der Waals surface area contributed by atoms with E-state index in [1.54, 1.807) is 12.3 Å². The molecule has 1 aromatic heterocycles. The van der Waals surface area contributed by atoms with E-state index in [0.717, 1.165) is 16.5 Å². The van der Waals surface area contributed by atoms with Crippen LogP contribution < -0.4 is 0 Å². The van der Waals surface area contributed by atoms with Crippen LogP contribution in [-0.2, 0) is 0 Å². The van der Waals surface area contributed by atoms with Crippen molar-refractivity contribution in [1.29, 1.82) is 0 Å². The van der Waals surface area contributed by atoms with E-state index in [4.69, 9.17) is 16.8 Å². The molecule has 2 aromatic rings. The lowest BCUT2D eigenvalue weighted by atomic mass is 10.2. The number of nitrogens with one attached hydrogen (secondary N) is 1. The zero-order valence-electron chi connectivity index (χ0n) is 6.66. The van der Waals surface area contributed by atoms with Crippen LogP contribution in [0.2, 0.25) is 5.02 Å². The van der Waals surface area contributed by atoms with Gasteiger partial charge < -0.3 is 10.2 Å². The summed E-state index contributed by atoms with van der Waals surface area (Å²) < 4.78 is 0. The summed E-state index contributed by atoms with van der Waals surface area (Å²) in [7, 11) is 0. The average Bonchev–Trinajstić information content (AvgIpc) is 2.49. The first-order chi connectivity index (χ1) is 6.31. The third-order valence-corrected chi connectivity index (χ3v) is 2.11. The quantitative estimate of drug-likeness (QED) is 0.409. The van der Waals surface area contributed by atoms with Crippen LogP contribution in [0.25, 0.3) is 10.9 Å². The van der Waals surface area contributed by atoms with Crippen molar-refractivity contribution < 1.29 is 5.21 Å². The highest BCUT2D eigenvalue weighted by atomic mass is 35.5. The molecule has 2 N–H and O–H groups in total. The molecule has 4 heteroatoms. The molecule has 0 aliphatic rings. The summed E-state index contributed by atoms with van der Waals surface area (Å²) in [5.74, 6) is 0. The maximum absolute atomic E-state index is 8.39. The second-order valence-corrected chi connectivity index (χ2v) is 3.11. The van der Waals surface area contributed by atoms with Crippen LogP contribution in [-0.4, -0.2) is 16.4 Å². The summed E-state index contributed by atoms with van der Waals surface area (Å²) >= 11 is 5.83. The summed E-state index contributed by atoms with van der Waals surface area (Å²) in [6.45, 7) is 0. The summed E-state index contributed by atoms with van der Waals surface area (Å²) in [6, 6.07) is 5.51. The van der Waals surface area contributed by atoms with E-state index in [9.17, 15) is 0 Å². The molecule has 1 aromatic carbocycles. The number of halogens is 1. The van der Waals surface area contributed by atoms with Crippen LogP contribution in [0, 0.1) is 0 Å². The van der Waals surface area contributed by atoms with Gasteiger partial charge in [0, 0.05) is 27.7 Å². The highest BCUT2D eigenvalue weighted by molar-refractivity contribution is 6.31. The minimum absolute atomic E-state index is 0.666. The number of benzene rings is 1. The number of fused-ring (bicyclic) bond motifs is 1. The van der Waals surface area contributed by atoms with Crippen molar-refractivity contribution in [3.8, 4) is 0 Å². The van der Waals surface area contributed by atoms with E-state index in [1.807, 2.05) is 12.1 Å². The number of oxime groups is 1. The maximum Gasteiger partial charge on any atom is 0.0755 e. The minimum atomic E-state index is 0.666. The third kappa shape index (κ3) is 1.38. The Hall–Kier alpha value is -1.48. The molecule has 0 atom stereocenters. The Labute approximate surface area is 79.6 Å². The van der Waals surface area contributed by atoms with E-state index in [2.05, 4.69) is 10.1 Å². The number of aromatic nitrogens is 1. The molecule has 13 heavy (non-hydrogen) atoms. The van der Waals surface area contributed by atoms with Crippen molar-refractivity contribution >= 4 is 28.7 Å². The fraction of sp³-hybridized carbons (Fsp3) is 0. The zero-order valence-corrected chi connectivity index (χ0v) is 7.42. The first kappa shape index (κ1) is 8.13. The van der Waals surface area contributed by atoms with Gasteiger partial charge in [0.1, 0.15) is 0 Å². The maximum atomic E-state index is 8.39. The molecule has 0 fully saturated rings. The van der Waals surface area contributed by atoms with Crippen LogP contribution in [0.4, 0.5) is 0 Å². The van der Waals surface area contributed by atoms with Crippen molar-refractivity contribution in [1.82, 2.24) is 4.98 Å². The lowest BCUT2D eigenvalue weighted by Gasteiger charge is -1.91. The van der Waals surface area contributed by atoms with Crippen LogP contribution in [0.15, 0.2) is 29.6 Å². The van der Waals surface area contributed by atoms with Gasteiger partial charge in [-0.2, -0.15) is 0 Å². The van der Waals surface area contributed by atoms with Gasteiger partial charge in [-0.05, 0) is 18.2 Å². The Morgan fingerprint density at radius 1 is 1.46 bits per heavy atom. The van der Waals surface area contributed by atoms with Gasteiger partial charge in [-0.3, -0.25) is 0 Å².